The molecule has 1 nitrogen and oxygen atoms in total. The maximum Gasteiger partial charge on any atom is 0.182 e. The van der Waals surface area contributed by atoms with E-state index in [1.54, 1.807) is 6.08 Å². The number of carbonyl (C=O) groups excluding carboxylic acids is 1. The minimum atomic E-state index is 0.157. The number of hydrogen-bond acceptors (Lipinski definition) is 1. The van der Waals surface area contributed by atoms with Gasteiger partial charge in [-0.05, 0) is 84.4 Å². The summed E-state index contributed by atoms with van der Waals surface area (Å²) < 4.78 is 0. The maximum atomic E-state index is 12.0. The van der Waals surface area contributed by atoms with Crippen molar-refractivity contribution in [1.29, 1.82) is 0 Å². The Morgan fingerprint density at radius 2 is 1.50 bits per heavy atom. The van der Waals surface area contributed by atoms with Crippen LogP contribution in [0.4, 0.5) is 0 Å². The lowest BCUT2D eigenvalue weighted by molar-refractivity contribution is -0.111. The van der Waals surface area contributed by atoms with Crippen LogP contribution in [-0.2, 0) is 11.2 Å². The zero-order valence-electron chi connectivity index (χ0n) is 15.1. The molecule has 1 aromatic rings. The molecule has 0 spiro atoms. The fourth-order valence-corrected chi connectivity index (χ4v) is 3.05. The minimum Gasteiger partial charge on any atom is -0.290 e. The Balaban J connectivity index is 1.73. The monoisotopic (exact) mass is 320 g/mol. The second-order valence-corrected chi connectivity index (χ2v) is 6.85. The predicted octanol–water partition coefficient (Wildman–Crippen LogP) is 4.32. The first-order valence-corrected chi connectivity index (χ1v) is 8.78. The molecule has 24 heavy (non-hydrogen) atoms. The second-order valence-electron chi connectivity index (χ2n) is 6.85. The molecular weight excluding hydrogens is 292 g/mol. The Bertz CT molecular complexity index is 805. The van der Waals surface area contributed by atoms with Gasteiger partial charge in [0.25, 0.3) is 0 Å². The van der Waals surface area contributed by atoms with Crippen LogP contribution in [0.25, 0.3) is 13.2 Å². The number of allylic oxidation sites excluding steroid dienone is 5. The summed E-state index contributed by atoms with van der Waals surface area (Å²) >= 11 is 0. The van der Waals surface area contributed by atoms with Gasteiger partial charge < -0.3 is 0 Å². The lowest BCUT2D eigenvalue weighted by Gasteiger charge is -2.12. The van der Waals surface area contributed by atoms with E-state index in [-0.39, 0.29) is 5.78 Å². The molecule has 0 aromatic heterocycles. The molecule has 0 aliphatic heterocycles. The van der Waals surface area contributed by atoms with Gasteiger partial charge in [-0.3, -0.25) is 4.79 Å². The summed E-state index contributed by atoms with van der Waals surface area (Å²) in [5.41, 5.74) is 5.38. The molecule has 1 aromatic carbocycles. The van der Waals surface area contributed by atoms with Gasteiger partial charge in [0.2, 0.25) is 0 Å². The van der Waals surface area contributed by atoms with Gasteiger partial charge in [-0.25, -0.2) is 0 Å². The van der Waals surface area contributed by atoms with Crippen LogP contribution in [0.5, 0.6) is 0 Å². The van der Waals surface area contributed by atoms with Crippen molar-refractivity contribution < 1.29 is 4.79 Å². The van der Waals surface area contributed by atoms with Crippen molar-refractivity contribution in [2.24, 2.45) is 0 Å². The van der Waals surface area contributed by atoms with Crippen molar-refractivity contribution in [2.45, 2.75) is 52.4 Å². The molecule has 0 saturated carbocycles. The van der Waals surface area contributed by atoms with Crippen molar-refractivity contribution >= 4 is 18.9 Å². The van der Waals surface area contributed by atoms with Crippen LogP contribution in [0.2, 0.25) is 0 Å². The summed E-state index contributed by atoms with van der Waals surface area (Å²) in [7, 11) is 0. The van der Waals surface area contributed by atoms with Gasteiger partial charge in [0.1, 0.15) is 0 Å². The van der Waals surface area contributed by atoms with Gasteiger partial charge in [0, 0.05) is 5.57 Å². The Labute approximate surface area is 145 Å². The third-order valence-corrected chi connectivity index (χ3v) is 4.82. The third-order valence-electron chi connectivity index (χ3n) is 4.82. The SMILES string of the molecule is C=C1C=C(CCCCCCc2cc(=C)c(C)cc2=C)C(=O)C=C1C. The van der Waals surface area contributed by atoms with E-state index >= 15 is 0 Å². The molecule has 0 N–H and O–H groups in total. The van der Waals surface area contributed by atoms with Gasteiger partial charge in [-0.15, -0.1) is 0 Å². The molecule has 0 unspecified atom stereocenters. The molecule has 126 valence electrons. The van der Waals surface area contributed by atoms with Crippen LogP contribution in [0, 0.1) is 6.92 Å². The van der Waals surface area contributed by atoms with Gasteiger partial charge in [0.05, 0.1) is 0 Å². The number of hydrogen-bond donors (Lipinski definition) is 0. The number of ketones is 1. The fraction of sp³-hybridized carbons (Fsp3) is 0.348. The highest BCUT2D eigenvalue weighted by Crippen LogP contribution is 2.22. The van der Waals surface area contributed by atoms with E-state index < -0.39 is 0 Å². The minimum absolute atomic E-state index is 0.157. The number of benzene rings is 1. The van der Waals surface area contributed by atoms with Gasteiger partial charge in [-0.1, -0.05) is 44.7 Å². The Hall–Kier alpha value is -2.15. The van der Waals surface area contributed by atoms with E-state index in [4.69, 9.17) is 0 Å². The van der Waals surface area contributed by atoms with Crippen molar-refractivity contribution in [2.75, 3.05) is 0 Å². The van der Waals surface area contributed by atoms with Crippen molar-refractivity contribution in [3.05, 3.63) is 69.1 Å². The smallest absolute Gasteiger partial charge is 0.182 e. The van der Waals surface area contributed by atoms with E-state index in [0.717, 1.165) is 59.3 Å². The van der Waals surface area contributed by atoms with Gasteiger partial charge >= 0.3 is 0 Å². The van der Waals surface area contributed by atoms with E-state index in [1.807, 2.05) is 13.0 Å². The molecule has 0 saturated heterocycles. The first-order valence-electron chi connectivity index (χ1n) is 8.78. The van der Waals surface area contributed by atoms with Crippen LogP contribution in [0.3, 0.4) is 0 Å². The summed E-state index contributed by atoms with van der Waals surface area (Å²) in [6.45, 7) is 16.2. The maximum absolute atomic E-state index is 12.0. The van der Waals surface area contributed by atoms with Gasteiger partial charge in [-0.2, -0.15) is 0 Å². The van der Waals surface area contributed by atoms with Crippen LogP contribution < -0.4 is 10.4 Å². The number of unbranched alkanes of at least 4 members (excludes halogenated alkanes) is 3. The molecule has 2 rings (SSSR count). The molecular formula is C23H28O. The Kier molecular flexibility index (Phi) is 6.14. The molecule has 1 heteroatoms. The van der Waals surface area contributed by atoms with E-state index in [0.29, 0.717) is 0 Å². The second kappa shape index (κ2) is 8.10. The van der Waals surface area contributed by atoms with Crippen LogP contribution in [0.1, 0.15) is 50.2 Å². The fourth-order valence-electron chi connectivity index (χ4n) is 3.05. The van der Waals surface area contributed by atoms with Crippen LogP contribution >= 0.6 is 0 Å². The number of carbonyl (C=O) groups is 1. The highest BCUT2D eigenvalue weighted by Gasteiger charge is 2.13. The van der Waals surface area contributed by atoms with Crippen molar-refractivity contribution in [3.63, 3.8) is 0 Å². The van der Waals surface area contributed by atoms with E-state index in [9.17, 15) is 4.79 Å². The highest BCUT2D eigenvalue weighted by molar-refractivity contribution is 6.06. The zero-order chi connectivity index (χ0) is 17.7. The summed E-state index contributed by atoms with van der Waals surface area (Å²) in [6, 6.07) is 4.30. The summed E-state index contributed by atoms with van der Waals surface area (Å²) in [6.07, 6.45) is 10.1. The van der Waals surface area contributed by atoms with Crippen molar-refractivity contribution in [1.82, 2.24) is 0 Å². The molecule has 0 amide bonds. The van der Waals surface area contributed by atoms with E-state index in [2.05, 4.69) is 38.8 Å². The zero-order valence-corrected chi connectivity index (χ0v) is 15.1. The number of rotatable bonds is 7. The predicted molar refractivity (Wildman–Crippen MR) is 104 cm³/mol. The molecule has 1 aliphatic carbocycles. The molecule has 0 heterocycles. The van der Waals surface area contributed by atoms with Crippen molar-refractivity contribution in [3.8, 4) is 0 Å². The normalized spacial score (nSPS) is 14.6. The Morgan fingerprint density at radius 1 is 0.833 bits per heavy atom. The van der Waals surface area contributed by atoms with E-state index in [1.165, 1.54) is 17.5 Å². The first kappa shape index (κ1) is 18.2. The quantitative estimate of drug-likeness (QED) is 0.684. The highest BCUT2D eigenvalue weighted by atomic mass is 16.1. The molecule has 0 fully saturated rings. The summed E-state index contributed by atoms with van der Waals surface area (Å²) in [5.74, 6) is 0.157. The van der Waals surface area contributed by atoms with Gasteiger partial charge in [0.15, 0.2) is 5.78 Å². The average Bonchev–Trinajstić information content (AvgIpc) is 2.52. The first-order chi connectivity index (χ1) is 11.4. The average molecular weight is 320 g/mol. The third kappa shape index (κ3) is 4.67. The lowest BCUT2D eigenvalue weighted by atomic mass is 9.92. The number of aryl methyl sites for hydroxylation is 2. The molecule has 0 radical (unpaired) electrons. The van der Waals surface area contributed by atoms with Crippen LogP contribution in [0.15, 0.2) is 47.6 Å². The largest absolute Gasteiger partial charge is 0.290 e. The van der Waals surface area contributed by atoms with Crippen LogP contribution in [-0.4, -0.2) is 5.78 Å². The topological polar surface area (TPSA) is 17.1 Å². The molecule has 0 bridgehead atoms. The summed E-state index contributed by atoms with van der Waals surface area (Å²) in [4.78, 5) is 12.0. The molecule has 0 atom stereocenters. The molecule has 1 aliphatic rings. The Morgan fingerprint density at radius 3 is 2.21 bits per heavy atom. The lowest BCUT2D eigenvalue weighted by Crippen LogP contribution is -2.16. The standard InChI is InChI=1S/C23H28O/c1-16-12-20(5)21(13-17(16)2)10-8-6-7-9-11-22-14-18(3)19(4)15-23(22)24/h12-15H,2-3,5-11H2,1,4H3. The summed E-state index contributed by atoms with van der Waals surface area (Å²) in [5, 5.41) is 2.22.